The van der Waals surface area contributed by atoms with E-state index in [9.17, 15) is 10.1 Å². The molecule has 0 radical (unpaired) electrons. The molecule has 29 heavy (non-hydrogen) atoms. The molecule has 0 amide bonds. The molecule has 4 rings (SSSR count). The molecule has 1 atom stereocenters. The second-order valence-electron chi connectivity index (χ2n) is 6.76. The fourth-order valence-electron chi connectivity index (χ4n) is 3.34. The molecule has 8 heteroatoms. The number of ether oxygens (including phenoxy) is 2. The molecule has 0 bridgehead atoms. The van der Waals surface area contributed by atoms with Gasteiger partial charge in [-0.1, -0.05) is 0 Å². The maximum absolute atomic E-state index is 11.0. The highest BCUT2D eigenvalue weighted by atomic mass is 32.1. The van der Waals surface area contributed by atoms with E-state index in [-0.39, 0.29) is 16.7 Å². The Labute approximate surface area is 172 Å². The molecule has 1 saturated heterocycles. The van der Waals surface area contributed by atoms with E-state index in [0.29, 0.717) is 6.54 Å². The van der Waals surface area contributed by atoms with Gasteiger partial charge in [-0.25, -0.2) is 4.99 Å². The first-order chi connectivity index (χ1) is 14.1. The van der Waals surface area contributed by atoms with Gasteiger partial charge in [-0.2, -0.15) is 0 Å². The topological polar surface area (TPSA) is 78.9 Å². The lowest BCUT2D eigenvalue weighted by Gasteiger charge is -2.14. The minimum absolute atomic E-state index is 0.0813. The van der Waals surface area contributed by atoms with Gasteiger partial charge in [-0.3, -0.25) is 10.1 Å². The maximum atomic E-state index is 11.0. The summed E-state index contributed by atoms with van der Waals surface area (Å²) in [4.78, 5) is 16.2. The quantitative estimate of drug-likeness (QED) is 0.440. The molecule has 7 nitrogen and oxygen atoms in total. The zero-order chi connectivity index (χ0) is 20.2. The molecule has 1 unspecified atom stereocenters. The van der Waals surface area contributed by atoms with Gasteiger partial charge in [0.25, 0.3) is 5.69 Å². The number of thiazole rings is 1. The first-order valence-corrected chi connectivity index (χ1v) is 10.3. The van der Waals surface area contributed by atoms with Crippen molar-refractivity contribution in [2.45, 2.75) is 25.5 Å². The van der Waals surface area contributed by atoms with Crippen LogP contribution < -0.4 is 9.54 Å². The Morgan fingerprint density at radius 2 is 2.00 bits per heavy atom. The van der Waals surface area contributed by atoms with E-state index in [1.54, 1.807) is 30.6 Å². The number of nitrogens with zero attached hydrogens (tertiary/aromatic N) is 3. The highest BCUT2D eigenvalue weighted by Crippen LogP contribution is 2.25. The molecule has 1 fully saturated rings. The second-order valence-corrected chi connectivity index (χ2v) is 7.60. The van der Waals surface area contributed by atoms with Gasteiger partial charge in [0, 0.05) is 24.1 Å². The van der Waals surface area contributed by atoms with Crippen LogP contribution in [-0.4, -0.2) is 29.3 Å². The van der Waals surface area contributed by atoms with Crippen LogP contribution in [0.1, 0.15) is 12.8 Å². The zero-order valence-corrected chi connectivity index (χ0v) is 16.8. The number of hydrogen-bond donors (Lipinski definition) is 0. The predicted octanol–water partition coefficient (Wildman–Crippen LogP) is 4.54. The third kappa shape index (κ3) is 4.38. The van der Waals surface area contributed by atoms with E-state index in [1.165, 1.54) is 12.1 Å². The van der Waals surface area contributed by atoms with Crippen LogP contribution in [-0.2, 0) is 11.3 Å². The molecular formula is C21H21N3O4S. The van der Waals surface area contributed by atoms with Crippen molar-refractivity contribution in [1.82, 2.24) is 4.57 Å². The molecule has 2 aromatic carbocycles. The smallest absolute Gasteiger partial charge is 0.269 e. The van der Waals surface area contributed by atoms with Gasteiger partial charge in [-0.05, 0) is 54.8 Å². The molecule has 3 aromatic rings. The summed E-state index contributed by atoms with van der Waals surface area (Å²) < 4.78 is 13.2. The third-order valence-corrected chi connectivity index (χ3v) is 5.74. The van der Waals surface area contributed by atoms with E-state index in [2.05, 4.69) is 4.57 Å². The second kappa shape index (κ2) is 8.59. The largest absolute Gasteiger partial charge is 0.497 e. The van der Waals surface area contributed by atoms with Crippen LogP contribution in [0.2, 0.25) is 0 Å². The van der Waals surface area contributed by atoms with E-state index < -0.39 is 0 Å². The number of non-ortho nitro benzene ring substituents is 1. The molecule has 150 valence electrons. The summed E-state index contributed by atoms with van der Waals surface area (Å²) in [5.41, 5.74) is 2.82. The Morgan fingerprint density at radius 3 is 2.62 bits per heavy atom. The maximum Gasteiger partial charge on any atom is 0.269 e. The molecule has 0 aliphatic carbocycles. The van der Waals surface area contributed by atoms with Gasteiger partial charge in [0.15, 0.2) is 4.80 Å². The van der Waals surface area contributed by atoms with Crippen LogP contribution in [0.4, 0.5) is 11.4 Å². The van der Waals surface area contributed by atoms with E-state index in [0.717, 1.165) is 46.9 Å². The van der Waals surface area contributed by atoms with Gasteiger partial charge in [0.1, 0.15) is 5.75 Å². The van der Waals surface area contributed by atoms with Crippen LogP contribution in [0, 0.1) is 10.1 Å². The molecule has 1 aliphatic rings. The minimum atomic E-state index is -0.387. The fourth-order valence-corrected chi connectivity index (χ4v) is 4.28. The van der Waals surface area contributed by atoms with Gasteiger partial charge in [0.05, 0.1) is 36.1 Å². The first kappa shape index (κ1) is 19.4. The summed E-state index contributed by atoms with van der Waals surface area (Å²) >= 11 is 1.55. The number of aromatic nitrogens is 1. The van der Waals surface area contributed by atoms with Crippen LogP contribution in [0.5, 0.6) is 5.75 Å². The van der Waals surface area contributed by atoms with E-state index >= 15 is 0 Å². The van der Waals surface area contributed by atoms with Gasteiger partial charge in [0.2, 0.25) is 0 Å². The van der Waals surface area contributed by atoms with Crippen LogP contribution in [0.25, 0.3) is 11.3 Å². The molecular weight excluding hydrogens is 390 g/mol. The van der Waals surface area contributed by atoms with Gasteiger partial charge >= 0.3 is 0 Å². The highest BCUT2D eigenvalue weighted by molar-refractivity contribution is 7.07. The number of nitro benzene ring substituents is 1. The van der Waals surface area contributed by atoms with Crippen molar-refractivity contribution in [3.8, 4) is 17.0 Å². The molecule has 1 aliphatic heterocycles. The van der Waals surface area contributed by atoms with Crippen molar-refractivity contribution >= 4 is 22.7 Å². The lowest BCUT2D eigenvalue weighted by atomic mass is 10.1. The first-order valence-electron chi connectivity index (χ1n) is 9.37. The van der Waals surface area contributed by atoms with Gasteiger partial charge in [-0.15, -0.1) is 11.3 Å². The lowest BCUT2D eigenvalue weighted by Crippen LogP contribution is -2.24. The lowest BCUT2D eigenvalue weighted by molar-refractivity contribution is -0.384. The monoisotopic (exact) mass is 411 g/mol. The Balaban J connectivity index is 1.74. The van der Waals surface area contributed by atoms with Crippen molar-refractivity contribution in [3.63, 3.8) is 0 Å². The normalized spacial score (nSPS) is 16.9. The van der Waals surface area contributed by atoms with E-state index in [1.807, 2.05) is 29.6 Å². The summed E-state index contributed by atoms with van der Waals surface area (Å²) in [7, 11) is 1.64. The Bertz CT molecular complexity index is 1050. The summed E-state index contributed by atoms with van der Waals surface area (Å²) in [5.74, 6) is 0.786. The van der Waals surface area contributed by atoms with Crippen molar-refractivity contribution in [1.29, 1.82) is 0 Å². The molecule has 1 aromatic heterocycles. The SMILES string of the molecule is COc1ccc(N=c2scc(-c3ccc([N+](=O)[O-])cc3)n2CC2CCCO2)cc1. The number of nitro groups is 1. The number of hydrogen-bond acceptors (Lipinski definition) is 6. The summed E-state index contributed by atoms with van der Waals surface area (Å²) in [6, 6.07) is 14.2. The predicted molar refractivity (Wildman–Crippen MR) is 112 cm³/mol. The minimum Gasteiger partial charge on any atom is -0.497 e. The average molecular weight is 411 g/mol. The van der Waals surface area contributed by atoms with Crippen LogP contribution in [0.15, 0.2) is 58.9 Å². The fraction of sp³-hybridized carbons (Fsp3) is 0.286. The Kier molecular flexibility index (Phi) is 5.73. The van der Waals surface area contributed by atoms with Crippen molar-refractivity contribution < 1.29 is 14.4 Å². The Hall–Kier alpha value is -2.97. The number of rotatable bonds is 6. The molecule has 2 heterocycles. The van der Waals surface area contributed by atoms with Crippen molar-refractivity contribution in [3.05, 3.63) is 68.8 Å². The van der Waals surface area contributed by atoms with E-state index in [4.69, 9.17) is 14.5 Å². The van der Waals surface area contributed by atoms with Crippen molar-refractivity contribution in [2.75, 3.05) is 13.7 Å². The standard InChI is InChI=1S/C21H21N3O4S/c1-27-18-10-6-16(7-11-18)22-21-23(13-19-3-2-12-28-19)20(14-29-21)15-4-8-17(9-5-15)24(25)26/h4-11,14,19H,2-3,12-13H2,1H3. The Morgan fingerprint density at radius 1 is 1.24 bits per heavy atom. The van der Waals surface area contributed by atoms with Gasteiger partial charge < -0.3 is 14.0 Å². The number of benzene rings is 2. The van der Waals surface area contributed by atoms with Crippen LogP contribution in [0.3, 0.4) is 0 Å². The highest BCUT2D eigenvalue weighted by Gasteiger charge is 2.19. The molecule has 0 saturated carbocycles. The summed E-state index contributed by atoms with van der Waals surface area (Å²) in [5, 5.41) is 13.0. The third-order valence-electron chi connectivity index (χ3n) is 4.88. The average Bonchev–Trinajstić information content (AvgIpc) is 3.40. The molecule has 0 spiro atoms. The summed E-state index contributed by atoms with van der Waals surface area (Å²) in [6.45, 7) is 1.48. The van der Waals surface area contributed by atoms with Crippen LogP contribution >= 0.6 is 11.3 Å². The zero-order valence-electron chi connectivity index (χ0n) is 16.0. The molecule has 0 N–H and O–H groups in total. The summed E-state index contributed by atoms with van der Waals surface area (Å²) in [6.07, 6.45) is 2.23. The number of methoxy groups -OCH3 is 1. The van der Waals surface area contributed by atoms with Crippen molar-refractivity contribution in [2.24, 2.45) is 4.99 Å².